The van der Waals surface area contributed by atoms with Crippen molar-refractivity contribution in [2.75, 3.05) is 12.4 Å². The van der Waals surface area contributed by atoms with Gasteiger partial charge in [-0.1, -0.05) is 12.1 Å². The number of anilines is 1. The Hall–Kier alpha value is -2.53. The van der Waals surface area contributed by atoms with Crippen LogP contribution < -0.4 is 20.5 Å². The number of benzene rings is 2. The number of para-hydroxylation sites is 2. The van der Waals surface area contributed by atoms with Crippen molar-refractivity contribution in [1.82, 2.24) is 0 Å². The smallest absolute Gasteiger partial charge is 0.240 e. The highest BCUT2D eigenvalue weighted by atomic mass is 16.5. The molecule has 5 heteroatoms. The second kappa shape index (κ2) is 6.76. The van der Waals surface area contributed by atoms with Crippen molar-refractivity contribution in [3.8, 4) is 17.2 Å². The first-order valence-electron chi connectivity index (χ1n) is 6.57. The van der Waals surface area contributed by atoms with Gasteiger partial charge < -0.3 is 20.5 Å². The summed E-state index contributed by atoms with van der Waals surface area (Å²) < 4.78 is 11.0. The summed E-state index contributed by atoms with van der Waals surface area (Å²) in [7, 11) is 1.59. The number of ether oxygens (including phenoxy) is 2. The molecular weight excluding hydrogens is 268 g/mol. The fraction of sp³-hybridized carbons (Fsp3) is 0.188. The minimum absolute atomic E-state index is 0.228. The molecule has 5 nitrogen and oxygen atoms in total. The molecule has 2 aromatic rings. The Morgan fingerprint density at radius 3 is 2.29 bits per heavy atom. The van der Waals surface area contributed by atoms with Gasteiger partial charge in [0.1, 0.15) is 5.75 Å². The van der Waals surface area contributed by atoms with Crippen molar-refractivity contribution >= 4 is 11.6 Å². The molecule has 0 aliphatic heterocycles. The van der Waals surface area contributed by atoms with E-state index in [1.54, 1.807) is 38.3 Å². The molecule has 0 heterocycles. The van der Waals surface area contributed by atoms with Gasteiger partial charge >= 0.3 is 0 Å². The zero-order valence-electron chi connectivity index (χ0n) is 12.0. The molecule has 2 rings (SSSR count). The van der Waals surface area contributed by atoms with E-state index in [1.807, 2.05) is 24.3 Å². The summed E-state index contributed by atoms with van der Waals surface area (Å²) in [5, 5.41) is 2.71. The maximum absolute atomic E-state index is 11.5. The van der Waals surface area contributed by atoms with Crippen LogP contribution in [-0.4, -0.2) is 19.1 Å². The maximum Gasteiger partial charge on any atom is 0.240 e. The third kappa shape index (κ3) is 3.97. The van der Waals surface area contributed by atoms with Gasteiger partial charge in [0.05, 0.1) is 13.2 Å². The van der Waals surface area contributed by atoms with E-state index in [4.69, 9.17) is 15.2 Å². The predicted octanol–water partition coefficient (Wildman–Crippen LogP) is 2.77. The van der Waals surface area contributed by atoms with E-state index >= 15 is 0 Å². The lowest BCUT2D eigenvalue weighted by Gasteiger charge is -2.11. The number of carbonyl (C=O) groups is 1. The summed E-state index contributed by atoms with van der Waals surface area (Å²) in [5.74, 6) is 1.71. The molecular formula is C16H18N2O3. The molecule has 0 aromatic heterocycles. The normalized spacial score (nSPS) is 11.6. The SMILES string of the molecule is COc1ccccc1Oc1ccc(NC(=O)C(C)N)cc1. The van der Waals surface area contributed by atoms with Crippen molar-refractivity contribution in [3.05, 3.63) is 48.5 Å². The number of amides is 1. The molecule has 0 aliphatic carbocycles. The monoisotopic (exact) mass is 286 g/mol. The highest BCUT2D eigenvalue weighted by Crippen LogP contribution is 2.31. The number of carbonyl (C=O) groups excluding carboxylic acids is 1. The quantitative estimate of drug-likeness (QED) is 0.886. The summed E-state index contributed by atoms with van der Waals surface area (Å²) in [6.45, 7) is 1.63. The Labute approximate surface area is 123 Å². The first-order chi connectivity index (χ1) is 10.1. The fourth-order valence-electron chi connectivity index (χ4n) is 1.69. The molecule has 1 unspecified atom stereocenters. The molecule has 1 atom stereocenters. The molecule has 0 aliphatic rings. The predicted molar refractivity (Wildman–Crippen MR) is 81.8 cm³/mol. The lowest BCUT2D eigenvalue weighted by molar-refractivity contribution is -0.117. The molecule has 3 N–H and O–H groups in total. The number of nitrogens with two attached hydrogens (primary N) is 1. The lowest BCUT2D eigenvalue weighted by atomic mass is 10.2. The topological polar surface area (TPSA) is 73.6 Å². The molecule has 0 spiro atoms. The Morgan fingerprint density at radius 1 is 1.10 bits per heavy atom. The third-order valence-corrected chi connectivity index (χ3v) is 2.83. The number of rotatable bonds is 5. The minimum Gasteiger partial charge on any atom is -0.493 e. The third-order valence-electron chi connectivity index (χ3n) is 2.83. The summed E-state index contributed by atoms with van der Waals surface area (Å²) in [6, 6.07) is 13.9. The Kier molecular flexibility index (Phi) is 4.79. The molecule has 0 fully saturated rings. The van der Waals surface area contributed by atoms with E-state index in [0.29, 0.717) is 22.9 Å². The number of hydrogen-bond donors (Lipinski definition) is 2. The first-order valence-corrected chi connectivity index (χ1v) is 6.57. The molecule has 2 aromatic carbocycles. The summed E-state index contributed by atoms with van der Waals surface area (Å²) >= 11 is 0. The van der Waals surface area contributed by atoms with Crippen LogP contribution >= 0.6 is 0 Å². The van der Waals surface area contributed by atoms with E-state index in [9.17, 15) is 4.79 Å². The molecule has 0 saturated heterocycles. The zero-order valence-corrected chi connectivity index (χ0v) is 12.0. The highest BCUT2D eigenvalue weighted by molar-refractivity contribution is 5.94. The average Bonchev–Trinajstić information content (AvgIpc) is 2.49. The molecule has 0 bridgehead atoms. The van der Waals surface area contributed by atoms with Crippen LogP contribution in [0.15, 0.2) is 48.5 Å². The Morgan fingerprint density at radius 2 is 1.71 bits per heavy atom. The van der Waals surface area contributed by atoms with Crippen molar-refractivity contribution in [1.29, 1.82) is 0 Å². The Balaban J connectivity index is 2.07. The Bertz CT molecular complexity index is 609. The molecule has 0 radical (unpaired) electrons. The first kappa shape index (κ1) is 14.9. The maximum atomic E-state index is 11.5. The van der Waals surface area contributed by atoms with Gasteiger partial charge in [-0.3, -0.25) is 4.79 Å². The van der Waals surface area contributed by atoms with Gasteiger partial charge in [0.25, 0.3) is 0 Å². The fourth-order valence-corrected chi connectivity index (χ4v) is 1.69. The van der Waals surface area contributed by atoms with E-state index in [1.165, 1.54) is 0 Å². The van der Waals surface area contributed by atoms with Gasteiger partial charge in [0, 0.05) is 5.69 Å². The van der Waals surface area contributed by atoms with Crippen molar-refractivity contribution < 1.29 is 14.3 Å². The van der Waals surface area contributed by atoms with Crippen LogP contribution in [0.5, 0.6) is 17.2 Å². The summed E-state index contributed by atoms with van der Waals surface area (Å²) in [4.78, 5) is 11.5. The van der Waals surface area contributed by atoms with Gasteiger partial charge in [-0.2, -0.15) is 0 Å². The molecule has 0 saturated carbocycles. The van der Waals surface area contributed by atoms with Gasteiger partial charge in [0.15, 0.2) is 11.5 Å². The van der Waals surface area contributed by atoms with Gasteiger partial charge in [0.2, 0.25) is 5.91 Å². The van der Waals surface area contributed by atoms with Crippen molar-refractivity contribution in [2.24, 2.45) is 5.73 Å². The second-order valence-electron chi connectivity index (χ2n) is 4.56. The van der Waals surface area contributed by atoms with Gasteiger partial charge in [-0.15, -0.1) is 0 Å². The van der Waals surface area contributed by atoms with Crippen molar-refractivity contribution in [2.45, 2.75) is 13.0 Å². The highest BCUT2D eigenvalue weighted by Gasteiger charge is 2.08. The largest absolute Gasteiger partial charge is 0.493 e. The summed E-state index contributed by atoms with van der Waals surface area (Å²) in [5.41, 5.74) is 6.17. The van der Waals surface area contributed by atoms with Crippen LogP contribution in [0.25, 0.3) is 0 Å². The second-order valence-corrected chi connectivity index (χ2v) is 4.56. The summed E-state index contributed by atoms with van der Waals surface area (Å²) in [6.07, 6.45) is 0. The number of hydrogen-bond acceptors (Lipinski definition) is 4. The zero-order chi connectivity index (χ0) is 15.2. The van der Waals surface area contributed by atoms with Crippen LogP contribution in [-0.2, 0) is 4.79 Å². The van der Waals surface area contributed by atoms with E-state index in [-0.39, 0.29) is 5.91 Å². The van der Waals surface area contributed by atoms with Crippen LogP contribution in [0.2, 0.25) is 0 Å². The van der Waals surface area contributed by atoms with Crippen LogP contribution in [0.4, 0.5) is 5.69 Å². The molecule has 110 valence electrons. The van der Waals surface area contributed by atoms with Crippen LogP contribution in [0.3, 0.4) is 0 Å². The van der Waals surface area contributed by atoms with E-state index in [0.717, 1.165) is 0 Å². The van der Waals surface area contributed by atoms with Crippen molar-refractivity contribution in [3.63, 3.8) is 0 Å². The van der Waals surface area contributed by atoms with Crippen LogP contribution in [0.1, 0.15) is 6.92 Å². The van der Waals surface area contributed by atoms with Gasteiger partial charge in [-0.05, 0) is 43.3 Å². The van der Waals surface area contributed by atoms with E-state index in [2.05, 4.69) is 5.32 Å². The number of nitrogens with one attached hydrogen (secondary N) is 1. The average molecular weight is 286 g/mol. The standard InChI is InChI=1S/C16H18N2O3/c1-11(17)16(19)18-12-7-9-13(10-8-12)21-15-6-4-3-5-14(15)20-2/h3-11H,17H2,1-2H3,(H,18,19). The van der Waals surface area contributed by atoms with Gasteiger partial charge in [-0.25, -0.2) is 0 Å². The molecule has 21 heavy (non-hydrogen) atoms. The minimum atomic E-state index is -0.547. The van der Waals surface area contributed by atoms with E-state index < -0.39 is 6.04 Å². The van der Waals surface area contributed by atoms with Crippen LogP contribution in [0, 0.1) is 0 Å². The lowest BCUT2D eigenvalue weighted by Crippen LogP contribution is -2.32. The molecule has 1 amide bonds. The number of methoxy groups -OCH3 is 1.